The number of benzene rings is 4. The van der Waals surface area contributed by atoms with Crippen LogP contribution in [0.4, 0.5) is 10.0 Å². The maximum Gasteiger partial charge on any atom is 0.333 e. The maximum atomic E-state index is 15.5. The van der Waals surface area contributed by atoms with Crippen LogP contribution in [0.2, 0.25) is 0 Å². The summed E-state index contributed by atoms with van der Waals surface area (Å²) >= 11 is 1.60. The second kappa shape index (κ2) is 18.9. The van der Waals surface area contributed by atoms with Crippen LogP contribution in [0.1, 0.15) is 43.1 Å². The molecule has 0 unspecified atom stereocenters. The SMILES string of the molecule is N#CC(C#N)=Nc1cc2c(s1)C1=C(c3sc(N=C(C#N)C#N)cc3C1(C(=O)OCc1ccccc1)C(=O)OCc1ccccc1)C2(C(=O)OCc1ccccc1)C(=O)OCc1ccccc1. The molecule has 0 N–H and O–H groups in total. The molecule has 16 heteroatoms. The minimum Gasteiger partial charge on any atom is -0.459 e. The molecule has 0 aliphatic heterocycles. The number of hydrogen-bond donors (Lipinski definition) is 0. The Labute approximate surface area is 384 Å². The molecule has 0 amide bonds. The normalized spacial score (nSPS) is 13.2. The van der Waals surface area contributed by atoms with Crippen molar-refractivity contribution in [2.24, 2.45) is 9.98 Å². The van der Waals surface area contributed by atoms with Crippen molar-refractivity contribution in [1.29, 1.82) is 21.0 Å². The van der Waals surface area contributed by atoms with Gasteiger partial charge in [0, 0.05) is 32.0 Å². The van der Waals surface area contributed by atoms with Crippen molar-refractivity contribution in [2.45, 2.75) is 37.3 Å². The second-order valence-corrected chi connectivity index (χ2v) is 16.6. The van der Waals surface area contributed by atoms with Crippen molar-refractivity contribution in [1.82, 2.24) is 0 Å². The molecule has 0 atom stereocenters. The lowest BCUT2D eigenvalue weighted by Gasteiger charge is -2.29. The number of carbonyl (C=O) groups is 4. The van der Waals surface area contributed by atoms with E-state index >= 15 is 19.2 Å². The lowest BCUT2D eigenvalue weighted by molar-refractivity contribution is -0.165. The smallest absolute Gasteiger partial charge is 0.333 e. The Morgan fingerprint density at radius 2 is 0.697 bits per heavy atom. The molecule has 8 rings (SSSR count). The van der Waals surface area contributed by atoms with Crippen LogP contribution in [-0.2, 0) is 75.4 Å². The Kier molecular flexibility index (Phi) is 12.5. The Morgan fingerprint density at radius 3 is 0.939 bits per heavy atom. The zero-order valence-corrected chi connectivity index (χ0v) is 35.9. The fourth-order valence-corrected chi connectivity index (χ4v) is 10.1. The lowest BCUT2D eigenvalue weighted by atomic mass is 9.76. The van der Waals surface area contributed by atoms with E-state index in [4.69, 9.17) is 18.9 Å². The van der Waals surface area contributed by atoms with Gasteiger partial charge in [-0.15, -0.1) is 22.7 Å². The second-order valence-electron chi connectivity index (χ2n) is 14.5. The van der Waals surface area contributed by atoms with Crippen LogP contribution in [0.25, 0.3) is 11.1 Å². The van der Waals surface area contributed by atoms with Crippen LogP contribution in [0.3, 0.4) is 0 Å². The van der Waals surface area contributed by atoms with Gasteiger partial charge in [-0.3, -0.25) is 19.2 Å². The highest BCUT2D eigenvalue weighted by atomic mass is 32.1. The van der Waals surface area contributed by atoms with Gasteiger partial charge >= 0.3 is 23.9 Å². The molecule has 0 saturated carbocycles. The Balaban J connectivity index is 1.44. The number of thiophene rings is 2. The first kappa shape index (κ1) is 43.8. The number of hydrogen-bond acceptors (Lipinski definition) is 16. The van der Waals surface area contributed by atoms with E-state index in [1.807, 2.05) is 0 Å². The summed E-state index contributed by atoms with van der Waals surface area (Å²) in [5.74, 6) is -4.69. The molecule has 6 aromatic rings. The molecular formula is C50H30N6O8S2. The van der Waals surface area contributed by atoms with E-state index in [9.17, 15) is 21.0 Å². The van der Waals surface area contributed by atoms with Gasteiger partial charge in [-0.1, -0.05) is 121 Å². The first-order chi connectivity index (χ1) is 32.2. The molecular weight excluding hydrogens is 877 g/mol. The van der Waals surface area contributed by atoms with Crippen LogP contribution in [-0.4, -0.2) is 35.3 Å². The Hall–Kier alpha value is -8.80. The Morgan fingerprint density at radius 1 is 0.439 bits per heavy atom. The van der Waals surface area contributed by atoms with Crippen molar-refractivity contribution in [2.75, 3.05) is 0 Å². The van der Waals surface area contributed by atoms with Crippen LogP contribution >= 0.6 is 22.7 Å². The van der Waals surface area contributed by atoms with Gasteiger partial charge < -0.3 is 18.9 Å². The first-order valence-electron chi connectivity index (χ1n) is 19.9. The van der Waals surface area contributed by atoms with Gasteiger partial charge in [-0.2, -0.15) is 21.0 Å². The number of esters is 4. The van der Waals surface area contributed by atoms with E-state index in [0.29, 0.717) is 22.3 Å². The Bertz CT molecular complexity index is 2810. The average Bonchev–Trinajstić information content (AvgIpc) is 4.10. The van der Waals surface area contributed by atoms with Gasteiger partial charge in [0.25, 0.3) is 0 Å². The third-order valence-electron chi connectivity index (χ3n) is 10.6. The number of nitrogens with zero attached hydrogens (tertiary/aromatic N) is 6. The highest BCUT2D eigenvalue weighted by Crippen LogP contribution is 2.68. The van der Waals surface area contributed by atoms with Gasteiger partial charge in [0.2, 0.25) is 22.3 Å². The van der Waals surface area contributed by atoms with E-state index in [2.05, 4.69) is 9.98 Å². The van der Waals surface area contributed by atoms with Crippen LogP contribution in [0, 0.1) is 45.3 Å². The fourth-order valence-electron chi connectivity index (χ4n) is 7.72. The van der Waals surface area contributed by atoms with Gasteiger partial charge in [-0.05, 0) is 34.4 Å². The number of fused-ring (bicyclic) bond motifs is 4. The van der Waals surface area contributed by atoms with Crippen molar-refractivity contribution in [3.8, 4) is 24.3 Å². The van der Waals surface area contributed by atoms with Gasteiger partial charge in [0.1, 0.15) is 60.7 Å². The summed E-state index contributed by atoms with van der Waals surface area (Å²) in [6, 6.07) is 44.0. The summed E-state index contributed by atoms with van der Waals surface area (Å²) in [5, 5.41) is 38.9. The number of aliphatic imine (C=N–C) groups is 2. The zero-order valence-electron chi connectivity index (χ0n) is 34.3. The van der Waals surface area contributed by atoms with E-state index < -0.39 is 46.1 Å². The van der Waals surface area contributed by atoms with E-state index in [1.165, 1.54) is 12.1 Å². The average molecular weight is 907 g/mol. The largest absolute Gasteiger partial charge is 0.459 e. The summed E-state index contributed by atoms with van der Waals surface area (Å²) in [6.45, 7) is -1.34. The highest BCUT2D eigenvalue weighted by molar-refractivity contribution is 7.19. The van der Waals surface area contributed by atoms with Crippen LogP contribution < -0.4 is 0 Å². The van der Waals surface area contributed by atoms with Crippen LogP contribution in [0.5, 0.6) is 0 Å². The molecule has 2 aliphatic rings. The standard InChI is InChI=1S/C50H30N6O8S2/c51-23-35(24-52)55-39-21-37-43(65-39)42-41(49(37,45(57)61-27-31-13-5-1-6-14-31)46(58)62-28-32-15-7-2-8-16-32)44-38(22-40(66-44)56-36(25-53)26-54)50(42,47(59)63-29-33-17-9-3-10-18-33)48(60)64-30-34-19-11-4-12-20-34/h1-22H,27-30H2. The number of ether oxygens (including phenoxy) is 4. The molecule has 0 bridgehead atoms. The predicted molar refractivity (Wildman–Crippen MR) is 240 cm³/mol. The molecule has 0 fully saturated rings. The van der Waals surface area contributed by atoms with Crippen molar-refractivity contribution < 1.29 is 38.1 Å². The minimum absolute atomic E-state index is 0.00353. The molecule has 4 aromatic carbocycles. The van der Waals surface area contributed by atoms with E-state index in [0.717, 1.165) is 22.7 Å². The lowest BCUT2D eigenvalue weighted by Crippen LogP contribution is -2.45. The van der Waals surface area contributed by atoms with Gasteiger partial charge in [0.15, 0.2) is 0 Å². The molecule has 0 radical (unpaired) electrons. The number of rotatable bonds is 14. The molecule has 0 saturated heterocycles. The number of carbonyl (C=O) groups excluding carboxylic acids is 4. The third kappa shape index (κ3) is 7.91. The summed E-state index contributed by atoms with van der Waals surface area (Å²) in [7, 11) is 0. The van der Waals surface area contributed by atoms with Crippen molar-refractivity contribution in [3.63, 3.8) is 0 Å². The molecule has 2 aliphatic carbocycles. The minimum atomic E-state index is -2.65. The molecule has 66 heavy (non-hydrogen) atoms. The fraction of sp³-hybridized carbons (Fsp3) is 0.120. The molecule has 320 valence electrons. The summed E-state index contributed by atoms with van der Waals surface area (Å²) in [4.78, 5) is 70.3. The maximum absolute atomic E-state index is 15.5. The first-order valence-corrected chi connectivity index (χ1v) is 21.5. The molecule has 2 heterocycles. The zero-order chi connectivity index (χ0) is 46.3. The third-order valence-corrected chi connectivity index (χ3v) is 12.7. The van der Waals surface area contributed by atoms with Crippen molar-refractivity contribution >= 4 is 79.1 Å². The summed E-state index contributed by atoms with van der Waals surface area (Å²) < 4.78 is 24.2. The van der Waals surface area contributed by atoms with Gasteiger partial charge in [-0.25, -0.2) is 9.98 Å². The highest BCUT2D eigenvalue weighted by Gasteiger charge is 2.72. The predicted octanol–water partition coefficient (Wildman–Crippen LogP) is 8.44. The summed E-state index contributed by atoms with van der Waals surface area (Å²) in [5.41, 5.74) is -4.85. The van der Waals surface area contributed by atoms with Crippen molar-refractivity contribution in [3.05, 3.63) is 177 Å². The van der Waals surface area contributed by atoms with Crippen LogP contribution in [0.15, 0.2) is 143 Å². The summed E-state index contributed by atoms with van der Waals surface area (Å²) in [6.07, 6.45) is 0. The quantitative estimate of drug-likeness (QED) is 0.0434. The van der Waals surface area contributed by atoms with E-state index in [-0.39, 0.29) is 68.5 Å². The molecule has 14 nitrogen and oxygen atoms in total. The van der Waals surface area contributed by atoms with Gasteiger partial charge in [0.05, 0.1) is 0 Å². The van der Waals surface area contributed by atoms with E-state index in [1.54, 1.807) is 146 Å². The monoisotopic (exact) mass is 906 g/mol. The number of nitriles is 4. The molecule has 0 spiro atoms. The topological polar surface area (TPSA) is 225 Å². The molecule has 2 aromatic heterocycles.